The Kier molecular flexibility index (Phi) is 6.89. The lowest BCUT2D eigenvalue weighted by molar-refractivity contribution is -0.111. The maximum absolute atomic E-state index is 13.5. The maximum atomic E-state index is 13.5. The number of carbonyl (C=O) groups is 1. The smallest absolute Gasteiger partial charge is 0.248 e. The number of nitrogens with zero attached hydrogens (tertiary/aromatic N) is 2. The molecular weight excluding hydrogens is 459 g/mol. The Bertz CT molecular complexity index is 1380. The second-order valence-corrected chi connectivity index (χ2v) is 7.55. The summed E-state index contributed by atoms with van der Waals surface area (Å²) in [4.78, 5) is 21.1. The van der Waals surface area contributed by atoms with Gasteiger partial charge in [-0.3, -0.25) is 4.79 Å². The van der Waals surface area contributed by atoms with E-state index in [0.717, 1.165) is 11.3 Å². The highest BCUT2D eigenvalue weighted by Gasteiger charge is 2.13. The fraction of sp³-hybridized carbons (Fsp3) is 0.0800. The number of amides is 1. The lowest BCUT2D eigenvalue weighted by Gasteiger charge is -2.13. The van der Waals surface area contributed by atoms with Crippen LogP contribution in [0.2, 0.25) is 5.02 Å². The van der Waals surface area contributed by atoms with Crippen LogP contribution >= 0.6 is 11.6 Å². The number of ether oxygens (including phenoxy) is 2. The molecule has 1 aromatic heterocycles. The first-order valence-electron chi connectivity index (χ1n) is 10.1. The summed E-state index contributed by atoms with van der Waals surface area (Å²) >= 11 is 5.89. The lowest BCUT2D eigenvalue weighted by atomic mass is 10.1. The summed E-state index contributed by atoms with van der Waals surface area (Å²) in [5, 5.41) is 6.54. The van der Waals surface area contributed by atoms with E-state index in [1.807, 2.05) is 24.3 Å². The van der Waals surface area contributed by atoms with Gasteiger partial charge in [-0.05, 0) is 48.0 Å². The van der Waals surface area contributed by atoms with Gasteiger partial charge in [-0.2, -0.15) is 0 Å². The van der Waals surface area contributed by atoms with Crippen LogP contribution in [0.15, 0.2) is 67.0 Å². The number of anilines is 3. The summed E-state index contributed by atoms with van der Waals surface area (Å²) in [6.07, 6.45) is 4.51. The van der Waals surface area contributed by atoms with Gasteiger partial charge in [-0.15, -0.1) is 0 Å². The highest BCUT2D eigenvalue weighted by atomic mass is 35.5. The standard InChI is InChI=1S/C25H20ClFN4O3/c1-33-17-7-3-15(4-8-17)5-10-24(32)31-22-12-18-21(13-23(22)34-2)28-14-29-25(18)30-16-6-9-20(27)19(26)11-16/h3-14H,1-2H3,(H,31,32)(H,28,29,30)/b10-5+. The highest BCUT2D eigenvalue weighted by Crippen LogP contribution is 2.33. The molecule has 0 bridgehead atoms. The summed E-state index contributed by atoms with van der Waals surface area (Å²) in [7, 11) is 3.10. The molecule has 0 saturated heterocycles. The van der Waals surface area contributed by atoms with Gasteiger partial charge in [-0.25, -0.2) is 14.4 Å². The van der Waals surface area contributed by atoms with Crippen molar-refractivity contribution in [3.8, 4) is 11.5 Å². The third kappa shape index (κ3) is 5.24. The minimum Gasteiger partial charge on any atom is -0.497 e. The van der Waals surface area contributed by atoms with Gasteiger partial charge in [-0.1, -0.05) is 23.7 Å². The lowest BCUT2D eigenvalue weighted by Crippen LogP contribution is -2.09. The van der Waals surface area contributed by atoms with Crippen LogP contribution in [-0.4, -0.2) is 30.1 Å². The van der Waals surface area contributed by atoms with Crippen LogP contribution in [0.4, 0.5) is 21.6 Å². The summed E-state index contributed by atoms with van der Waals surface area (Å²) < 4.78 is 24.1. The number of nitrogens with one attached hydrogen (secondary N) is 2. The molecule has 4 rings (SSSR count). The predicted molar refractivity (Wildman–Crippen MR) is 131 cm³/mol. The average molecular weight is 479 g/mol. The molecule has 34 heavy (non-hydrogen) atoms. The van der Waals surface area contributed by atoms with E-state index in [9.17, 15) is 9.18 Å². The number of carbonyl (C=O) groups excluding carboxylic acids is 1. The van der Waals surface area contributed by atoms with Gasteiger partial charge in [0.1, 0.15) is 29.5 Å². The molecule has 0 saturated carbocycles. The van der Waals surface area contributed by atoms with Crippen LogP contribution in [0.5, 0.6) is 11.5 Å². The van der Waals surface area contributed by atoms with Crippen molar-refractivity contribution in [2.75, 3.05) is 24.9 Å². The van der Waals surface area contributed by atoms with Crippen LogP contribution in [0.1, 0.15) is 5.56 Å². The zero-order valence-electron chi connectivity index (χ0n) is 18.3. The number of hydrogen-bond acceptors (Lipinski definition) is 6. The first kappa shape index (κ1) is 23.0. The molecule has 0 aliphatic rings. The van der Waals surface area contributed by atoms with Crippen molar-refractivity contribution < 1.29 is 18.7 Å². The Labute approximate surface area is 200 Å². The number of aromatic nitrogens is 2. The summed E-state index contributed by atoms with van der Waals surface area (Å²) in [5.74, 6) is 0.771. The molecule has 0 aliphatic heterocycles. The fourth-order valence-corrected chi connectivity index (χ4v) is 3.40. The number of hydrogen-bond donors (Lipinski definition) is 2. The molecule has 0 unspecified atom stereocenters. The average Bonchev–Trinajstić information content (AvgIpc) is 2.85. The van der Waals surface area contributed by atoms with Crippen molar-refractivity contribution in [1.82, 2.24) is 9.97 Å². The third-order valence-electron chi connectivity index (χ3n) is 4.94. The molecule has 0 radical (unpaired) electrons. The predicted octanol–water partition coefficient (Wildman–Crippen LogP) is 5.84. The number of fused-ring (bicyclic) bond motifs is 1. The van der Waals surface area contributed by atoms with E-state index < -0.39 is 5.82 Å². The van der Waals surface area contributed by atoms with Crippen molar-refractivity contribution in [3.63, 3.8) is 0 Å². The zero-order chi connectivity index (χ0) is 24.1. The summed E-state index contributed by atoms with van der Waals surface area (Å²) in [6, 6.07) is 15.0. The van der Waals surface area contributed by atoms with E-state index in [0.29, 0.717) is 33.8 Å². The molecule has 1 heterocycles. The Balaban J connectivity index is 1.61. The Morgan fingerprint density at radius 2 is 1.82 bits per heavy atom. The Morgan fingerprint density at radius 3 is 2.53 bits per heavy atom. The molecule has 2 N–H and O–H groups in total. The number of methoxy groups -OCH3 is 2. The summed E-state index contributed by atoms with van der Waals surface area (Å²) in [6.45, 7) is 0. The molecule has 3 aromatic carbocycles. The quantitative estimate of drug-likeness (QED) is 0.325. The minimum atomic E-state index is -0.516. The number of benzene rings is 3. The largest absolute Gasteiger partial charge is 0.497 e. The van der Waals surface area contributed by atoms with Gasteiger partial charge >= 0.3 is 0 Å². The molecule has 0 aliphatic carbocycles. The van der Waals surface area contributed by atoms with Crippen LogP contribution < -0.4 is 20.1 Å². The van der Waals surface area contributed by atoms with Crippen LogP contribution in [0, 0.1) is 5.82 Å². The second kappa shape index (κ2) is 10.2. The van der Waals surface area contributed by atoms with Crippen molar-refractivity contribution in [1.29, 1.82) is 0 Å². The SMILES string of the molecule is COc1ccc(/C=C/C(=O)Nc2cc3c(Nc4ccc(F)c(Cl)c4)ncnc3cc2OC)cc1. The Hall–Kier alpha value is -4.17. The molecule has 9 heteroatoms. The van der Waals surface area contributed by atoms with Crippen LogP contribution in [0.25, 0.3) is 17.0 Å². The van der Waals surface area contributed by atoms with Gasteiger partial charge in [0.05, 0.1) is 30.4 Å². The molecule has 0 atom stereocenters. The topological polar surface area (TPSA) is 85.4 Å². The molecule has 7 nitrogen and oxygen atoms in total. The highest BCUT2D eigenvalue weighted by molar-refractivity contribution is 6.31. The van der Waals surface area contributed by atoms with Crippen LogP contribution in [0.3, 0.4) is 0 Å². The first-order chi connectivity index (χ1) is 16.5. The molecule has 172 valence electrons. The van der Waals surface area contributed by atoms with E-state index in [1.165, 1.54) is 31.6 Å². The van der Waals surface area contributed by atoms with Crippen molar-refractivity contribution in [3.05, 3.63) is 83.4 Å². The van der Waals surface area contributed by atoms with Gasteiger partial charge in [0, 0.05) is 23.2 Å². The number of rotatable bonds is 7. The molecule has 1 amide bonds. The fourth-order valence-electron chi connectivity index (χ4n) is 3.22. The molecule has 4 aromatic rings. The Morgan fingerprint density at radius 1 is 1.03 bits per heavy atom. The van der Waals surface area contributed by atoms with E-state index in [-0.39, 0.29) is 10.9 Å². The second-order valence-electron chi connectivity index (χ2n) is 7.14. The molecular formula is C25H20ClFN4O3. The monoisotopic (exact) mass is 478 g/mol. The molecule has 0 spiro atoms. The van der Waals surface area contributed by atoms with Gasteiger partial charge in [0.15, 0.2) is 0 Å². The van der Waals surface area contributed by atoms with E-state index in [2.05, 4.69) is 20.6 Å². The first-order valence-corrected chi connectivity index (χ1v) is 10.5. The van der Waals surface area contributed by atoms with Crippen LogP contribution in [-0.2, 0) is 4.79 Å². The van der Waals surface area contributed by atoms with E-state index >= 15 is 0 Å². The normalized spacial score (nSPS) is 10.9. The third-order valence-corrected chi connectivity index (χ3v) is 5.23. The summed E-state index contributed by atoms with van der Waals surface area (Å²) in [5.41, 5.74) is 2.43. The van der Waals surface area contributed by atoms with Gasteiger partial charge in [0.2, 0.25) is 5.91 Å². The number of halogens is 2. The van der Waals surface area contributed by atoms with Crippen molar-refractivity contribution in [2.24, 2.45) is 0 Å². The van der Waals surface area contributed by atoms with Crippen molar-refractivity contribution >= 4 is 51.7 Å². The van der Waals surface area contributed by atoms with E-state index in [1.54, 1.807) is 31.4 Å². The maximum Gasteiger partial charge on any atom is 0.248 e. The van der Waals surface area contributed by atoms with Crippen molar-refractivity contribution in [2.45, 2.75) is 0 Å². The molecule has 0 fully saturated rings. The zero-order valence-corrected chi connectivity index (χ0v) is 19.1. The minimum absolute atomic E-state index is 0.0124. The van der Waals surface area contributed by atoms with E-state index in [4.69, 9.17) is 21.1 Å². The van der Waals surface area contributed by atoms with Gasteiger partial charge in [0.25, 0.3) is 0 Å². The van der Waals surface area contributed by atoms with Gasteiger partial charge < -0.3 is 20.1 Å².